The van der Waals surface area contributed by atoms with Crippen LogP contribution < -0.4 is 16.0 Å². The molecule has 0 fully saturated rings. The molecule has 0 unspecified atom stereocenters. The Balaban J connectivity index is 2.38. The second-order valence-corrected chi connectivity index (χ2v) is 5.42. The molecule has 0 aliphatic heterocycles. The first-order chi connectivity index (χ1) is 9.03. The Labute approximate surface area is 110 Å². The molecule has 4 N–H and O–H groups in total. The van der Waals surface area contributed by atoms with Gasteiger partial charge in [-0.15, -0.1) is 0 Å². The molecule has 2 aromatic rings. The van der Waals surface area contributed by atoms with Gasteiger partial charge in [0.25, 0.3) is 10.0 Å². The lowest BCUT2D eigenvalue weighted by molar-refractivity contribution is 0.601. The minimum Gasteiger partial charge on any atom is -0.307 e. The van der Waals surface area contributed by atoms with E-state index in [0.29, 0.717) is 5.69 Å². The quantitative estimate of drug-likeness (QED) is 0.566. The van der Waals surface area contributed by atoms with Crippen LogP contribution in [0.2, 0.25) is 0 Å². The molecule has 0 aliphatic carbocycles. The summed E-state index contributed by atoms with van der Waals surface area (Å²) in [5.74, 6) is 5.56. The Morgan fingerprint density at radius 1 is 1.21 bits per heavy atom. The molecule has 0 bridgehead atoms. The second kappa shape index (κ2) is 5.21. The Kier molecular flexibility index (Phi) is 3.63. The number of nitrogens with zero attached hydrogens (tertiary/aromatic N) is 2. The lowest BCUT2D eigenvalue weighted by Gasteiger charge is -2.10. The van der Waals surface area contributed by atoms with Gasteiger partial charge in [-0.05, 0) is 31.2 Å². The minimum absolute atomic E-state index is 0.0409. The average molecular weight is 279 g/mol. The summed E-state index contributed by atoms with van der Waals surface area (Å²) in [6.45, 7) is 1.77. The first kappa shape index (κ1) is 13.2. The maximum Gasteiger partial charge on any atom is 0.266 e. The van der Waals surface area contributed by atoms with Crippen molar-refractivity contribution < 1.29 is 8.42 Å². The zero-order valence-corrected chi connectivity index (χ0v) is 11.0. The van der Waals surface area contributed by atoms with E-state index in [2.05, 4.69) is 20.1 Å². The van der Waals surface area contributed by atoms with Gasteiger partial charge in [0.15, 0.2) is 5.82 Å². The third kappa shape index (κ3) is 2.98. The van der Waals surface area contributed by atoms with E-state index < -0.39 is 10.0 Å². The van der Waals surface area contributed by atoms with Crippen LogP contribution in [0.3, 0.4) is 0 Å². The van der Waals surface area contributed by atoms with Crippen LogP contribution in [-0.2, 0) is 10.0 Å². The van der Waals surface area contributed by atoms with E-state index in [1.165, 1.54) is 18.3 Å². The summed E-state index contributed by atoms with van der Waals surface area (Å²) in [5.41, 5.74) is 2.96. The summed E-state index contributed by atoms with van der Waals surface area (Å²) < 4.78 is 26.8. The third-order valence-corrected chi connectivity index (χ3v) is 3.71. The highest BCUT2D eigenvalue weighted by molar-refractivity contribution is 7.92. The van der Waals surface area contributed by atoms with E-state index >= 15 is 0 Å². The van der Waals surface area contributed by atoms with Crippen molar-refractivity contribution in [3.05, 3.63) is 42.2 Å². The first-order valence-corrected chi connectivity index (χ1v) is 6.89. The molecule has 100 valence electrons. The highest BCUT2D eigenvalue weighted by atomic mass is 32.2. The fourth-order valence-corrected chi connectivity index (χ4v) is 2.63. The molecule has 0 atom stereocenters. The normalized spacial score (nSPS) is 11.1. The van der Waals surface area contributed by atoms with Crippen molar-refractivity contribution in [2.24, 2.45) is 5.84 Å². The van der Waals surface area contributed by atoms with Crippen molar-refractivity contribution in [3.63, 3.8) is 0 Å². The summed E-state index contributed by atoms with van der Waals surface area (Å²) in [4.78, 5) is 7.88. The second-order valence-electron chi connectivity index (χ2n) is 3.76. The fourth-order valence-electron chi connectivity index (χ4n) is 1.51. The minimum atomic E-state index is -3.79. The molecule has 19 heavy (non-hydrogen) atoms. The SMILES string of the molecule is Cc1cccc(NS(=O)(=O)c2cccnc2NN)n1. The summed E-state index contributed by atoms with van der Waals surface area (Å²) in [6.07, 6.45) is 1.44. The summed E-state index contributed by atoms with van der Waals surface area (Å²) in [6, 6.07) is 7.97. The van der Waals surface area contributed by atoms with Crippen LogP contribution in [-0.4, -0.2) is 18.4 Å². The maximum absolute atomic E-state index is 12.2. The van der Waals surface area contributed by atoms with Gasteiger partial charge in [0.05, 0.1) is 0 Å². The number of nitrogens with two attached hydrogens (primary N) is 1. The van der Waals surface area contributed by atoms with Crippen LogP contribution in [0.4, 0.5) is 11.6 Å². The highest BCUT2D eigenvalue weighted by Crippen LogP contribution is 2.19. The standard InChI is InChI=1S/C11H13N5O2S/c1-8-4-2-6-10(14-8)16-19(17,18)9-5-3-7-13-11(9)15-12/h2-7H,12H2,1H3,(H,13,15)(H,14,16). The van der Waals surface area contributed by atoms with Crippen LogP contribution in [0.25, 0.3) is 0 Å². The zero-order chi connectivity index (χ0) is 13.9. The number of rotatable bonds is 4. The van der Waals surface area contributed by atoms with Crippen molar-refractivity contribution in [1.29, 1.82) is 0 Å². The lowest BCUT2D eigenvalue weighted by atomic mass is 10.4. The molecular weight excluding hydrogens is 266 g/mol. The van der Waals surface area contributed by atoms with Crippen molar-refractivity contribution in [2.45, 2.75) is 11.8 Å². The molecule has 0 aromatic carbocycles. The number of pyridine rings is 2. The summed E-state index contributed by atoms with van der Waals surface area (Å²) in [5, 5.41) is 0. The van der Waals surface area contributed by atoms with E-state index in [1.54, 1.807) is 25.1 Å². The molecule has 0 saturated carbocycles. The Bertz CT molecular complexity index is 687. The Hall–Kier alpha value is -2.19. The van der Waals surface area contributed by atoms with Gasteiger partial charge in [0, 0.05) is 11.9 Å². The number of hydrazine groups is 1. The summed E-state index contributed by atoms with van der Waals surface area (Å²) >= 11 is 0. The molecule has 2 rings (SSSR count). The monoisotopic (exact) mass is 279 g/mol. The van der Waals surface area contributed by atoms with E-state index in [4.69, 9.17) is 5.84 Å². The van der Waals surface area contributed by atoms with E-state index in [0.717, 1.165) is 0 Å². The third-order valence-electron chi connectivity index (χ3n) is 2.32. The van der Waals surface area contributed by atoms with Crippen LogP contribution in [0.15, 0.2) is 41.4 Å². The first-order valence-electron chi connectivity index (χ1n) is 5.41. The largest absolute Gasteiger partial charge is 0.307 e. The molecular formula is C11H13N5O2S. The van der Waals surface area contributed by atoms with Gasteiger partial charge in [-0.25, -0.2) is 24.2 Å². The van der Waals surface area contributed by atoms with E-state index in [9.17, 15) is 8.42 Å². The molecule has 7 nitrogen and oxygen atoms in total. The molecule has 2 heterocycles. The topological polar surface area (TPSA) is 110 Å². The van der Waals surface area contributed by atoms with Gasteiger partial charge >= 0.3 is 0 Å². The predicted octanol–water partition coefficient (Wildman–Crippen LogP) is 0.871. The number of nitrogen functional groups attached to an aromatic ring is 1. The molecule has 0 radical (unpaired) electrons. The predicted molar refractivity (Wildman–Crippen MR) is 71.8 cm³/mol. The van der Waals surface area contributed by atoms with Gasteiger partial charge in [0.2, 0.25) is 0 Å². The summed E-state index contributed by atoms with van der Waals surface area (Å²) in [7, 11) is -3.79. The van der Waals surface area contributed by atoms with Crippen molar-refractivity contribution in [3.8, 4) is 0 Å². The van der Waals surface area contributed by atoms with Crippen molar-refractivity contribution in [1.82, 2.24) is 9.97 Å². The Morgan fingerprint density at radius 3 is 2.68 bits per heavy atom. The number of anilines is 2. The number of aromatic nitrogens is 2. The number of nitrogens with one attached hydrogen (secondary N) is 2. The van der Waals surface area contributed by atoms with Crippen molar-refractivity contribution in [2.75, 3.05) is 10.1 Å². The van der Waals surface area contributed by atoms with Gasteiger partial charge in [-0.1, -0.05) is 6.07 Å². The number of hydrogen-bond donors (Lipinski definition) is 3. The number of hydrogen-bond acceptors (Lipinski definition) is 6. The van der Waals surface area contributed by atoms with Gasteiger partial charge in [-0.3, -0.25) is 4.72 Å². The van der Waals surface area contributed by atoms with Gasteiger partial charge in [0.1, 0.15) is 10.7 Å². The molecule has 0 spiro atoms. The van der Waals surface area contributed by atoms with Crippen LogP contribution >= 0.6 is 0 Å². The number of sulfonamides is 1. The van der Waals surface area contributed by atoms with Gasteiger partial charge in [-0.2, -0.15) is 0 Å². The van der Waals surface area contributed by atoms with E-state index in [1.807, 2.05) is 0 Å². The van der Waals surface area contributed by atoms with Crippen LogP contribution in [0.5, 0.6) is 0 Å². The molecule has 0 saturated heterocycles. The highest BCUT2D eigenvalue weighted by Gasteiger charge is 2.19. The average Bonchev–Trinajstić information content (AvgIpc) is 2.38. The lowest BCUT2D eigenvalue weighted by Crippen LogP contribution is -2.19. The zero-order valence-electron chi connectivity index (χ0n) is 10.2. The van der Waals surface area contributed by atoms with Crippen LogP contribution in [0.1, 0.15) is 5.69 Å². The van der Waals surface area contributed by atoms with Crippen LogP contribution in [0, 0.1) is 6.92 Å². The molecule has 0 amide bonds. The fraction of sp³-hybridized carbons (Fsp3) is 0.0909. The smallest absolute Gasteiger partial charge is 0.266 e. The van der Waals surface area contributed by atoms with Gasteiger partial charge < -0.3 is 5.43 Å². The number of aryl methyl sites for hydroxylation is 1. The Morgan fingerprint density at radius 2 is 2.00 bits per heavy atom. The van der Waals surface area contributed by atoms with Crippen molar-refractivity contribution >= 4 is 21.7 Å². The molecule has 0 aliphatic rings. The molecule has 2 aromatic heterocycles. The van der Waals surface area contributed by atoms with E-state index in [-0.39, 0.29) is 16.5 Å². The molecule has 8 heteroatoms. The maximum atomic E-state index is 12.2.